The number of amides is 1. The SMILES string of the molecule is Cc1ccc2oc(C(=O)N3CCC[C@H]3c3nnc(-c4nccc5ccccc45)o3)cc2c1. The molecular weight excluding hydrogens is 404 g/mol. The highest BCUT2D eigenvalue weighted by Crippen LogP contribution is 2.35. The summed E-state index contributed by atoms with van der Waals surface area (Å²) in [7, 11) is 0. The van der Waals surface area contributed by atoms with E-state index < -0.39 is 0 Å². The van der Waals surface area contributed by atoms with E-state index in [1.807, 2.05) is 55.5 Å². The third-order valence-corrected chi connectivity index (χ3v) is 6.00. The lowest BCUT2D eigenvalue weighted by Crippen LogP contribution is -2.30. The number of aromatic nitrogens is 3. The molecule has 1 atom stereocenters. The number of benzene rings is 2. The van der Waals surface area contributed by atoms with Gasteiger partial charge in [0.15, 0.2) is 5.76 Å². The van der Waals surface area contributed by atoms with E-state index in [2.05, 4.69) is 15.2 Å². The van der Waals surface area contributed by atoms with Crippen LogP contribution in [0.25, 0.3) is 33.3 Å². The Morgan fingerprint density at radius 1 is 1.03 bits per heavy atom. The third kappa shape index (κ3) is 3.05. The summed E-state index contributed by atoms with van der Waals surface area (Å²) >= 11 is 0. The van der Waals surface area contributed by atoms with Crippen molar-refractivity contribution in [2.24, 2.45) is 0 Å². The Bertz CT molecular complexity index is 1460. The molecule has 1 fully saturated rings. The number of likely N-dealkylation sites (tertiary alicyclic amines) is 1. The van der Waals surface area contributed by atoms with Gasteiger partial charge in [0.05, 0.1) is 0 Å². The quantitative estimate of drug-likeness (QED) is 0.390. The molecule has 0 aliphatic carbocycles. The summed E-state index contributed by atoms with van der Waals surface area (Å²) in [6.07, 6.45) is 3.35. The van der Waals surface area contributed by atoms with Gasteiger partial charge in [0.1, 0.15) is 17.3 Å². The van der Waals surface area contributed by atoms with Crippen molar-refractivity contribution in [3.63, 3.8) is 0 Å². The van der Waals surface area contributed by atoms with Crippen LogP contribution >= 0.6 is 0 Å². The zero-order chi connectivity index (χ0) is 21.7. The van der Waals surface area contributed by atoms with Crippen LogP contribution in [0.4, 0.5) is 0 Å². The number of rotatable bonds is 3. The molecule has 0 radical (unpaired) electrons. The smallest absolute Gasteiger partial charge is 0.290 e. The molecule has 32 heavy (non-hydrogen) atoms. The number of pyridine rings is 1. The van der Waals surface area contributed by atoms with Gasteiger partial charge in [0.2, 0.25) is 5.89 Å². The van der Waals surface area contributed by atoms with Gasteiger partial charge in [-0.15, -0.1) is 10.2 Å². The number of furan rings is 1. The minimum Gasteiger partial charge on any atom is -0.451 e. The molecule has 0 unspecified atom stereocenters. The zero-order valence-corrected chi connectivity index (χ0v) is 17.5. The fraction of sp³-hybridized carbons (Fsp3) is 0.200. The van der Waals surface area contributed by atoms with Gasteiger partial charge >= 0.3 is 0 Å². The Labute approximate surface area is 183 Å². The van der Waals surface area contributed by atoms with Gasteiger partial charge in [-0.1, -0.05) is 35.9 Å². The fourth-order valence-corrected chi connectivity index (χ4v) is 4.43. The number of carbonyl (C=O) groups is 1. The van der Waals surface area contributed by atoms with Crippen LogP contribution in [-0.4, -0.2) is 32.5 Å². The van der Waals surface area contributed by atoms with Crippen molar-refractivity contribution in [1.29, 1.82) is 0 Å². The molecule has 1 amide bonds. The maximum atomic E-state index is 13.3. The van der Waals surface area contributed by atoms with E-state index in [1.54, 1.807) is 17.2 Å². The predicted molar refractivity (Wildman–Crippen MR) is 119 cm³/mol. The summed E-state index contributed by atoms with van der Waals surface area (Å²) in [5.41, 5.74) is 2.47. The Kier molecular flexibility index (Phi) is 4.28. The second-order valence-electron chi connectivity index (χ2n) is 8.13. The number of fused-ring (bicyclic) bond motifs is 2. The first-order chi connectivity index (χ1) is 15.7. The number of hydrogen-bond donors (Lipinski definition) is 0. The molecule has 3 aromatic heterocycles. The molecule has 1 aliphatic rings. The summed E-state index contributed by atoms with van der Waals surface area (Å²) in [5.74, 6) is 0.945. The highest BCUT2D eigenvalue weighted by molar-refractivity contribution is 5.96. The van der Waals surface area contributed by atoms with Crippen LogP contribution in [0.3, 0.4) is 0 Å². The zero-order valence-electron chi connectivity index (χ0n) is 17.5. The van der Waals surface area contributed by atoms with Gasteiger partial charge in [-0.25, -0.2) is 0 Å². The van der Waals surface area contributed by atoms with Crippen LogP contribution in [-0.2, 0) is 0 Å². The van der Waals surface area contributed by atoms with E-state index >= 15 is 0 Å². The topological polar surface area (TPSA) is 85.3 Å². The van der Waals surface area contributed by atoms with Gasteiger partial charge in [-0.3, -0.25) is 9.78 Å². The van der Waals surface area contributed by atoms with Crippen LogP contribution in [0.2, 0.25) is 0 Å². The first-order valence-corrected chi connectivity index (χ1v) is 10.7. The van der Waals surface area contributed by atoms with E-state index in [0.717, 1.165) is 34.6 Å². The normalized spacial score (nSPS) is 16.3. The summed E-state index contributed by atoms with van der Waals surface area (Å²) in [6.45, 7) is 2.63. The highest BCUT2D eigenvalue weighted by Gasteiger charge is 2.36. The maximum Gasteiger partial charge on any atom is 0.290 e. The number of aryl methyl sites for hydroxylation is 1. The summed E-state index contributed by atoms with van der Waals surface area (Å²) in [4.78, 5) is 19.5. The Morgan fingerprint density at radius 3 is 2.88 bits per heavy atom. The van der Waals surface area contributed by atoms with Crippen LogP contribution in [0.1, 0.15) is 40.9 Å². The van der Waals surface area contributed by atoms with Gasteiger partial charge in [-0.2, -0.15) is 0 Å². The van der Waals surface area contributed by atoms with Crippen LogP contribution in [0.15, 0.2) is 69.6 Å². The summed E-state index contributed by atoms with van der Waals surface area (Å²) < 4.78 is 11.9. The predicted octanol–water partition coefficient (Wildman–Crippen LogP) is 5.32. The largest absolute Gasteiger partial charge is 0.451 e. The Hall–Kier alpha value is -4.00. The monoisotopic (exact) mass is 424 g/mol. The standard InChI is InChI=1S/C25H20N4O3/c1-15-8-9-20-17(13-15)14-21(31-20)25(30)29-12-4-7-19(29)23-27-28-24(32-23)22-18-6-3-2-5-16(18)10-11-26-22/h2-3,5-6,8-11,13-14,19H,4,7,12H2,1H3/t19-/m0/s1. The third-order valence-electron chi connectivity index (χ3n) is 6.00. The van der Waals surface area contributed by atoms with E-state index in [1.165, 1.54) is 0 Å². The lowest BCUT2D eigenvalue weighted by molar-refractivity contribution is 0.0686. The molecule has 0 N–H and O–H groups in total. The molecule has 0 bridgehead atoms. The second kappa shape index (κ2) is 7.30. The molecule has 1 saturated heterocycles. The summed E-state index contributed by atoms with van der Waals surface area (Å²) in [5, 5.41) is 11.5. The average molecular weight is 424 g/mol. The van der Waals surface area contributed by atoms with Crippen molar-refractivity contribution in [1.82, 2.24) is 20.1 Å². The molecule has 0 spiro atoms. The molecule has 158 valence electrons. The first kappa shape index (κ1) is 18.7. The minimum atomic E-state index is -0.284. The van der Waals surface area contributed by atoms with Crippen LogP contribution in [0.5, 0.6) is 0 Å². The van der Waals surface area contributed by atoms with Gasteiger partial charge in [0, 0.05) is 23.5 Å². The average Bonchev–Trinajstić information content (AvgIpc) is 3.56. The second-order valence-corrected chi connectivity index (χ2v) is 8.13. The fourth-order valence-electron chi connectivity index (χ4n) is 4.43. The number of carbonyl (C=O) groups excluding carboxylic acids is 1. The Morgan fingerprint density at radius 2 is 1.94 bits per heavy atom. The van der Waals surface area contributed by atoms with Gasteiger partial charge in [-0.05, 0) is 49.4 Å². The van der Waals surface area contributed by atoms with Crippen molar-refractivity contribution in [3.05, 3.63) is 78.0 Å². The van der Waals surface area contributed by atoms with Crippen molar-refractivity contribution in [2.45, 2.75) is 25.8 Å². The number of hydrogen-bond acceptors (Lipinski definition) is 6. The van der Waals surface area contributed by atoms with Crippen molar-refractivity contribution < 1.29 is 13.6 Å². The van der Waals surface area contributed by atoms with Gasteiger partial charge < -0.3 is 13.7 Å². The van der Waals surface area contributed by atoms with Crippen LogP contribution in [0, 0.1) is 6.92 Å². The first-order valence-electron chi connectivity index (χ1n) is 10.7. The molecule has 7 nitrogen and oxygen atoms in total. The number of nitrogens with zero attached hydrogens (tertiary/aromatic N) is 4. The molecular formula is C25H20N4O3. The van der Waals surface area contributed by atoms with Crippen molar-refractivity contribution in [3.8, 4) is 11.6 Å². The molecule has 2 aromatic carbocycles. The van der Waals surface area contributed by atoms with Gasteiger partial charge in [0.25, 0.3) is 11.8 Å². The molecule has 4 heterocycles. The lowest BCUT2D eigenvalue weighted by Gasteiger charge is -2.20. The Balaban J connectivity index is 1.32. The summed E-state index contributed by atoms with van der Waals surface area (Å²) in [6, 6.07) is 17.3. The van der Waals surface area contributed by atoms with E-state index in [4.69, 9.17) is 8.83 Å². The maximum absolute atomic E-state index is 13.3. The molecule has 6 rings (SSSR count). The lowest BCUT2D eigenvalue weighted by atomic mass is 10.1. The van der Waals surface area contributed by atoms with E-state index in [9.17, 15) is 4.79 Å². The molecule has 7 heteroatoms. The molecule has 1 aliphatic heterocycles. The minimum absolute atomic E-state index is 0.163. The highest BCUT2D eigenvalue weighted by atomic mass is 16.4. The molecule has 5 aromatic rings. The van der Waals surface area contributed by atoms with Crippen molar-refractivity contribution in [2.75, 3.05) is 6.54 Å². The van der Waals surface area contributed by atoms with Crippen LogP contribution < -0.4 is 0 Å². The van der Waals surface area contributed by atoms with Crippen molar-refractivity contribution >= 4 is 27.6 Å². The van der Waals surface area contributed by atoms with E-state index in [-0.39, 0.29) is 11.9 Å². The molecule has 0 saturated carbocycles. The van der Waals surface area contributed by atoms with E-state index in [0.29, 0.717) is 35.4 Å².